The molecule has 0 saturated heterocycles. The Morgan fingerprint density at radius 3 is 1.91 bits per heavy atom. The second-order valence-corrected chi connectivity index (χ2v) is 2.26. The summed E-state index contributed by atoms with van der Waals surface area (Å²) >= 11 is 0. The summed E-state index contributed by atoms with van der Waals surface area (Å²) in [5.74, 6) is 0. The van der Waals surface area contributed by atoms with Gasteiger partial charge in [-0.1, -0.05) is 13.8 Å². The van der Waals surface area contributed by atoms with Crippen LogP contribution in [-0.4, -0.2) is 50.5 Å². The fourth-order valence-corrected chi connectivity index (χ4v) is 0.557. The van der Waals surface area contributed by atoms with Crippen LogP contribution >= 0.6 is 0 Å². The van der Waals surface area contributed by atoms with Crippen molar-refractivity contribution in [3.8, 4) is 0 Å². The summed E-state index contributed by atoms with van der Waals surface area (Å²) in [6.45, 7) is 4.74. The average molecular weight is 163 g/mol. The Morgan fingerprint density at radius 1 is 1.36 bits per heavy atom. The summed E-state index contributed by atoms with van der Waals surface area (Å²) < 4.78 is 4.85. The minimum atomic E-state index is 0.134. The highest BCUT2D eigenvalue weighted by Gasteiger charge is 2.07. The zero-order valence-corrected chi connectivity index (χ0v) is 8.29. The normalized spacial score (nSPS) is 12.3. The van der Waals surface area contributed by atoms with Crippen LogP contribution in [0.3, 0.4) is 0 Å². The third-order valence-corrected chi connectivity index (χ3v) is 1.30. The number of methoxy groups -OCH3 is 1. The Kier molecular flexibility index (Phi) is 12.1. The van der Waals surface area contributed by atoms with Crippen LogP contribution in [-0.2, 0) is 4.74 Å². The number of ether oxygens (including phenoxy) is 1. The molecule has 0 aromatic rings. The van der Waals surface area contributed by atoms with Gasteiger partial charge in [0.05, 0.1) is 19.3 Å². The number of hydrogen-bond acceptors (Lipinski definition) is 3. The lowest BCUT2D eigenvalue weighted by molar-refractivity contribution is 0.0795. The largest absolute Gasteiger partial charge is 0.395 e. The Labute approximate surface area is 70.0 Å². The van der Waals surface area contributed by atoms with E-state index in [2.05, 4.69) is 0 Å². The van der Waals surface area contributed by atoms with Crippen molar-refractivity contribution >= 4 is 0 Å². The molecule has 0 aliphatic rings. The molecule has 0 aromatic heterocycles. The quantitative estimate of drug-likeness (QED) is 0.658. The van der Waals surface area contributed by atoms with Gasteiger partial charge in [-0.3, -0.25) is 0 Å². The number of aliphatic hydroxyl groups excluding tert-OH is 1. The lowest BCUT2D eigenvalue weighted by atomic mass is 10.3. The van der Waals surface area contributed by atoms with E-state index in [1.807, 2.05) is 32.8 Å². The molecule has 1 N–H and O–H groups in total. The van der Waals surface area contributed by atoms with Crippen LogP contribution in [0.2, 0.25) is 0 Å². The zero-order valence-electron chi connectivity index (χ0n) is 8.29. The van der Waals surface area contributed by atoms with Crippen LogP contribution in [0.15, 0.2) is 0 Å². The number of aliphatic hydroxyl groups is 1. The average Bonchev–Trinajstić information content (AvgIpc) is 2.03. The molecule has 0 saturated carbocycles. The summed E-state index contributed by atoms with van der Waals surface area (Å²) in [6.07, 6.45) is 0. The molecule has 0 bridgehead atoms. The molecule has 0 aliphatic heterocycles. The Morgan fingerprint density at radius 2 is 1.82 bits per heavy atom. The van der Waals surface area contributed by atoms with Crippen molar-refractivity contribution < 1.29 is 9.84 Å². The summed E-state index contributed by atoms with van der Waals surface area (Å²) in [4.78, 5) is 1.93. The van der Waals surface area contributed by atoms with E-state index in [-0.39, 0.29) is 12.6 Å². The molecule has 70 valence electrons. The zero-order chi connectivity index (χ0) is 9.28. The predicted molar refractivity (Wildman–Crippen MR) is 47.8 cm³/mol. The predicted octanol–water partition coefficient (Wildman–Crippen LogP) is 0.581. The molecule has 0 fully saturated rings. The maximum atomic E-state index is 8.71. The van der Waals surface area contributed by atoms with Crippen molar-refractivity contribution in [1.82, 2.24) is 4.90 Å². The van der Waals surface area contributed by atoms with E-state index >= 15 is 0 Å². The van der Waals surface area contributed by atoms with Gasteiger partial charge in [0.2, 0.25) is 0 Å². The Balaban J connectivity index is 0. The molecule has 0 radical (unpaired) electrons. The highest BCUT2D eigenvalue weighted by molar-refractivity contribution is 4.61. The first-order valence-electron chi connectivity index (χ1n) is 3.98. The molecule has 0 spiro atoms. The number of nitrogens with zero attached hydrogens (tertiary/aromatic N) is 1. The third kappa shape index (κ3) is 7.78. The minimum absolute atomic E-state index is 0.134. The molecule has 0 rings (SSSR count). The molecule has 3 heteroatoms. The molecule has 0 aromatic carbocycles. The van der Waals surface area contributed by atoms with E-state index < -0.39 is 0 Å². The van der Waals surface area contributed by atoms with Gasteiger partial charge in [-0.05, 0) is 14.1 Å². The number of hydrogen-bond donors (Lipinski definition) is 1. The molecule has 1 atom stereocenters. The first kappa shape index (κ1) is 13.5. The van der Waals surface area contributed by atoms with Gasteiger partial charge < -0.3 is 14.7 Å². The first-order chi connectivity index (χ1) is 5.22. The molecular formula is C8H21NO2. The Bertz CT molecular complexity index is 67.1. The fourth-order valence-electron chi connectivity index (χ4n) is 0.557. The van der Waals surface area contributed by atoms with E-state index in [1.54, 1.807) is 7.11 Å². The summed E-state index contributed by atoms with van der Waals surface area (Å²) in [6, 6.07) is 0.134. The van der Waals surface area contributed by atoms with Crippen LogP contribution in [0.1, 0.15) is 13.8 Å². The van der Waals surface area contributed by atoms with Gasteiger partial charge in [0.25, 0.3) is 0 Å². The maximum absolute atomic E-state index is 8.71. The van der Waals surface area contributed by atoms with E-state index in [0.29, 0.717) is 6.61 Å². The number of rotatable bonds is 4. The fraction of sp³-hybridized carbons (Fsp3) is 1.00. The lowest BCUT2D eigenvalue weighted by Gasteiger charge is -2.20. The molecule has 0 aliphatic carbocycles. The minimum Gasteiger partial charge on any atom is -0.395 e. The molecule has 0 heterocycles. The van der Waals surface area contributed by atoms with Gasteiger partial charge in [-0.15, -0.1) is 0 Å². The summed E-state index contributed by atoms with van der Waals surface area (Å²) in [5, 5.41) is 8.71. The van der Waals surface area contributed by atoms with Gasteiger partial charge >= 0.3 is 0 Å². The second-order valence-electron chi connectivity index (χ2n) is 2.26. The van der Waals surface area contributed by atoms with Crippen molar-refractivity contribution in [2.24, 2.45) is 0 Å². The van der Waals surface area contributed by atoms with Crippen molar-refractivity contribution in [3.63, 3.8) is 0 Å². The SMILES string of the molecule is CC.COCC(CO)N(C)C. The second kappa shape index (κ2) is 9.88. The monoisotopic (exact) mass is 163 g/mol. The Hall–Kier alpha value is -0.120. The highest BCUT2D eigenvalue weighted by Crippen LogP contribution is 1.90. The van der Waals surface area contributed by atoms with Gasteiger partial charge in [-0.2, -0.15) is 0 Å². The van der Waals surface area contributed by atoms with Crippen molar-refractivity contribution in [2.45, 2.75) is 19.9 Å². The molecule has 0 amide bonds. The molecule has 1 unspecified atom stereocenters. The van der Waals surface area contributed by atoms with Gasteiger partial charge in [-0.25, -0.2) is 0 Å². The highest BCUT2D eigenvalue weighted by atomic mass is 16.5. The van der Waals surface area contributed by atoms with E-state index in [9.17, 15) is 0 Å². The van der Waals surface area contributed by atoms with Crippen molar-refractivity contribution in [1.29, 1.82) is 0 Å². The maximum Gasteiger partial charge on any atom is 0.0640 e. The van der Waals surface area contributed by atoms with E-state index in [0.717, 1.165) is 0 Å². The lowest BCUT2D eigenvalue weighted by Crippen LogP contribution is -2.35. The standard InChI is InChI=1S/C6H15NO2.C2H6/c1-7(2)6(4-8)5-9-3;1-2/h6,8H,4-5H2,1-3H3;1-2H3. The van der Waals surface area contributed by atoms with Crippen LogP contribution in [0.4, 0.5) is 0 Å². The van der Waals surface area contributed by atoms with Gasteiger partial charge in [0, 0.05) is 7.11 Å². The summed E-state index contributed by atoms with van der Waals surface area (Å²) in [7, 11) is 5.46. The number of likely N-dealkylation sites (N-methyl/N-ethyl adjacent to an activating group) is 1. The molecule has 3 nitrogen and oxygen atoms in total. The van der Waals surface area contributed by atoms with E-state index in [1.165, 1.54) is 0 Å². The van der Waals surface area contributed by atoms with E-state index in [4.69, 9.17) is 9.84 Å². The van der Waals surface area contributed by atoms with Crippen LogP contribution in [0.25, 0.3) is 0 Å². The topological polar surface area (TPSA) is 32.7 Å². The third-order valence-electron chi connectivity index (χ3n) is 1.30. The van der Waals surface area contributed by atoms with Crippen LogP contribution in [0.5, 0.6) is 0 Å². The molecule has 11 heavy (non-hydrogen) atoms. The summed E-state index contributed by atoms with van der Waals surface area (Å²) in [5.41, 5.74) is 0. The van der Waals surface area contributed by atoms with Gasteiger partial charge in [0.1, 0.15) is 0 Å². The van der Waals surface area contributed by atoms with Crippen molar-refractivity contribution in [2.75, 3.05) is 34.4 Å². The van der Waals surface area contributed by atoms with Crippen molar-refractivity contribution in [3.05, 3.63) is 0 Å². The van der Waals surface area contributed by atoms with Crippen LogP contribution < -0.4 is 0 Å². The van der Waals surface area contributed by atoms with Crippen LogP contribution in [0, 0.1) is 0 Å². The first-order valence-corrected chi connectivity index (χ1v) is 3.98. The molecular weight excluding hydrogens is 142 g/mol. The smallest absolute Gasteiger partial charge is 0.0640 e. The van der Waals surface area contributed by atoms with Gasteiger partial charge in [0.15, 0.2) is 0 Å².